The second kappa shape index (κ2) is 8.19. The molecule has 0 saturated carbocycles. The highest BCUT2D eigenvalue weighted by molar-refractivity contribution is 7.05. The Balaban J connectivity index is 1.57. The molecule has 0 bridgehead atoms. The molecule has 29 heavy (non-hydrogen) atoms. The summed E-state index contributed by atoms with van der Waals surface area (Å²) in [4.78, 5) is 24.7. The second-order valence-electron chi connectivity index (χ2n) is 7.77. The molecule has 2 aliphatic heterocycles. The van der Waals surface area contributed by atoms with E-state index < -0.39 is 5.97 Å². The van der Waals surface area contributed by atoms with Crippen molar-refractivity contribution in [2.45, 2.75) is 52.0 Å². The molecule has 1 amide bonds. The average molecular weight is 420 g/mol. The van der Waals surface area contributed by atoms with E-state index in [4.69, 9.17) is 9.84 Å². The highest BCUT2D eigenvalue weighted by atomic mass is 32.1. The van der Waals surface area contributed by atoms with Gasteiger partial charge in [-0.3, -0.25) is 9.48 Å². The lowest BCUT2D eigenvalue weighted by molar-refractivity contribution is 0.0152. The van der Waals surface area contributed by atoms with Gasteiger partial charge in [-0.05, 0) is 55.5 Å². The van der Waals surface area contributed by atoms with Gasteiger partial charge in [0.2, 0.25) is 0 Å². The van der Waals surface area contributed by atoms with Gasteiger partial charge in [0.25, 0.3) is 5.91 Å². The number of amides is 1. The third-order valence-electron chi connectivity index (χ3n) is 5.94. The van der Waals surface area contributed by atoms with Crippen molar-refractivity contribution >= 4 is 23.4 Å². The van der Waals surface area contributed by atoms with Crippen molar-refractivity contribution in [3.63, 3.8) is 0 Å². The largest absolute Gasteiger partial charge is 0.476 e. The van der Waals surface area contributed by atoms with Crippen molar-refractivity contribution in [2.75, 3.05) is 19.8 Å². The van der Waals surface area contributed by atoms with Crippen LogP contribution in [0.5, 0.6) is 0 Å². The number of carbonyl (C=O) groups excluding carboxylic acids is 1. The second-order valence-corrected chi connectivity index (χ2v) is 8.61. The molecule has 2 aliphatic rings. The first-order valence-corrected chi connectivity index (χ1v) is 10.8. The predicted octanol–water partition coefficient (Wildman–Crippen LogP) is 1.71. The molecule has 1 fully saturated rings. The highest BCUT2D eigenvalue weighted by Gasteiger charge is 2.39. The van der Waals surface area contributed by atoms with E-state index in [1.807, 2.05) is 11.6 Å². The van der Waals surface area contributed by atoms with Crippen LogP contribution in [0.25, 0.3) is 0 Å². The first kappa shape index (κ1) is 20.0. The Labute approximate surface area is 172 Å². The van der Waals surface area contributed by atoms with Crippen LogP contribution in [-0.4, -0.2) is 56.1 Å². The van der Waals surface area contributed by atoms with Crippen molar-refractivity contribution < 1.29 is 19.4 Å². The predicted molar refractivity (Wildman–Crippen MR) is 105 cm³/mol. The molecule has 1 saturated heterocycles. The van der Waals surface area contributed by atoms with Crippen LogP contribution in [0.1, 0.15) is 63.3 Å². The fraction of sp³-hybridized carbons (Fsp3) is 0.632. The number of ether oxygens (including phenoxy) is 1. The lowest BCUT2D eigenvalue weighted by Crippen LogP contribution is -2.40. The van der Waals surface area contributed by atoms with Crippen LogP contribution in [0.2, 0.25) is 0 Å². The molecule has 1 spiro atoms. The van der Waals surface area contributed by atoms with E-state index in [1.165, 1.54) is 0 Å². The summed E-state index contributed by atoms with van der Waals surface area (Å²) >= 11 is 1.12. The molecule has 4 rings (SSSR count). The van der Waals surface area contributed by atoms with E-state index in [1.54, 1.807) is 0 Å². The number of nitrogens with zero attached hydrogens (tertiary/aromatic N) is 4. The number of aromatic carboxylic acids is 1. The van der Waals surface area contributed by atoms with E-state index in [2.05, 4.69) is 14.9 Å². The number of fused-ring (bicyclic) bond motifs is 1. The van der Waals surface area contributed by atoms with Gasteiger partial charge < -0.3 is 15.2 Å². The van der Waals surface area contributed by atoms with Crippen LogP contribution in [-0.2, 0) is 30.5 Å². The Kier molecular flexibility index (Phi) is 5.64. The molecule has 2 aromatic rings. The standard InChI is InChI=1S/C19H25N5O4S/c1-2-12-15-13(10-19(11-20-17(15)25)5-8-28-9-6-19)24(22-12)7-3-4-14-16(18(26)27)21-23-29-14/h2-11H2,1H3,(H,20,25)(H,26,27). The van der Waals surface area contributed by atoms with Crippen LogP contribution in [0.4, 0.5) is 0 Å². The number of aromatic nitrogens is 4. The van der Waals surface area contributed by atoms with Gasteiger partial charge in [0, 0.05) is 26.3 Å². The normalized spacial score (nSPS) is 18.3. The first-order chi connectivity index (χ1) is 14.0. The summed E-state index contributed by atoms with van der Waals surface area (Å²) in [5.74, 6) is -1.08. The summed E-state index contributed by atoms with van der Waals surface area (Å²) in [5, 5.41) is 20.7. The van der Waals surface area contributed by atoms with E-state index >= 15 is 0 Å². The van der Waals surface area contributed by atoms with Crippen LogP contribution in [0.15, 0.2) is 0 Å². The molecule has 2 N–H and O–H groups in total. The Morgan fingerprint density at radius 2 is 2.17 bits per heavy atom. The number of nitrogens with one attached hydrogen (secondary N) is 1. The smallest absolute Gasteiger partial charge is 0.357 e. The van der Waals surface area contributed by atoms with Crippen molar-refractivity contribution in [1.29, 1.82) is 0 Å². The lowest BCUT2D eigenvalue weighted by Gasteiger charge is -2.36. The zero-order valence-corrected chi connectivity index (χ0v) is 17.3. The molecule has 0 aromatic carbocycles. The maximum absolute atomic E-state index is 12.8. The third kappa shape index (κ3) is 3.91. The van der Waals surface area contributed by atoms with E-state index in [0.717, 1.165) is 61.0 Å². The molecule has 9 nitrogen and oxygen atoms in total. The van der Waals surface area contributed by atoms with Crippen molar-refractivity contribution in [3.05, 3.63) is 27.5 Å². The van der Waals surface area contributed by atoms with Gasteiger partial charge in [0.15, 0.2) is 5.69 Å². The molecule has 0 aliphatic carbocycles. The Morgan fingerprint density at radius 3 is 2.90 bits per heavy atom. The molecule has 0 unspecified atom stereocenters. The first-order valence-electron chi connectivity index (χ1n) is 10.0. The van der Waals surface area contributed by atoms with Crippen LogP contribution in [0, 0.1) is 5.41 Å². The Hall–Kier alpha value is -2.33. The van der Waals surface area contributed by atoms with Gasteiger partial charge in [0.05, 0.1) is 21.8 Å². The SMILES string of the molecule is CCc1nn(CCCc2snnc2C(=O)O)c2c1C(=O)NCC1(CCOCC1)C2. The number of carbonyl (C=O) groups is 2. The quantitative estimate of drug-likeness (QED) is 0.731. The van der Waals surface area contributed by atoms with Crippen molar-refractivity contribution in [2.24, 2.45) is 5.41 Å². The zero-order valence-electron chi connectivity index (χ0n) is 16.4. The summed E-state index contributed by atoms with van der Waals surface area (Å²) in [6.45, 7) is 4.74. The topological polar surface area (TPSA) is 119 Å². The summed E-state index contributed by atoms with van der Waals surface area (Å²) in [6, 6.07) is 0. The van der Waals surface area contributed by atoms with Crippen molar-refractivity contribution in [3.8, 4) is 0 Å². The minimum absolute atomic E-state index is 0.0139. The van der Waals surface area contributed by atoms with Crippen LogP contribution in [0.3, 0.4) is 0 Å². The summed E-state index contributed by atoms with van der Waals surface area (Å²) in [6.07, 6.45) is 4.63. The summed E-state index contributed by atoms with van der Waals surface area (Å²) in [7, 11) is 0. The average Bonchev–Trinajstić information content (AvgIpc) is 3.29. The van der Waals surface area contributed by atoms with Crippen LogP contribution < -0.4 is 5.32 Å². The highest BCUT2D eigenvalue weighted by Crippen LogP contribution is 2.37. The minimum atomic E-state index is -1.05. The molecule has 0 radical (unpaired) electrons. The molecule has 2 aromatic heterocycles. The monoisotopic (exact) mass is 419 g/mol. The Bertz CT molecular complexity index is 916. The molecule has 156 valence electrons. The van der Waals surface area contributed by atoms with Gasteiger partial charge >= 0.3 is 5.97 Å². The number of carboxylic acid groups (broad SMARTS) is 1. The number of hydrogen-bond donors (Lipinski definition) is 2. The maximum atomic E-state index is 12.8. The number of aryl methyl sites for hydroxylation is 3. The fourth-order valence-electron chi connectivity index (χ4n) is 4.28. The van der Waals surface area contributed by atoms with Gasteiger partial charge in [-0.1, -0.05) is 11.4 Å². The van der Waals surface area contributed by atoms with Crippen LogP contribution >= 0.6 is 11.5 Å². The minimum Gasteiger partial charge on any atom is -0.476 e. The third-order valence-corrected chi connectivity index (χ3v) is 6.73. The molecule has 4 heterocycles. The molecule has 0 atom stereocenters. The molecule has 10 heteroatoms. The van der Waals surface area contributed by atoms with Gasteiger partial charge in [-0.25, -0.2) is 4.79 Å². The zero-order chi connectivity index (χ0) is 20.4. The summed E-state index contributed by atoms with van der Waals surface area (Å²) < 4.78 is 11.3. The van der Waals surface area contributed by atoms with Gasteiger partial charge in [-0.2, -0.15) is 5.10 Å². The van der Waals surface area contributed by atoms with E-state index in [-0.39, 0.29) is 17.0 Å². The molecular formula is C19H25N5O4S. The maximum Gasteiger partial charge on any atom is 0.357 e. The van der Waals surface area contributed by atoms with Gasteiger partial charge in [-0.15, -0.1) is 5.10 Å². The fourth-order valence-corrected chi connectivity index (χ4v) is 4.95. The number of carboxylic acids is 1. The van der Waals surface area contributed by atoms with Gasteiger partial charge in [0.1, 0.15) is 0 Å². The lowest BCUT2D eigenvalue weighted by atomic mass is 9.76. The summed E-state index contributed by atoms with van der Waals surface area (Å²) in [5.41, 5.74) is 2.59. The number of rotatable bonds is 6. The number of hydrogen-bond acceptors (Lipinski definition) is 7. The molecular weight excluding hydrogens is 394 g/mol. The van der Waals surface area contributed by atoms with E-state index in [0.29, 0.717) is 37.2 Å². The van der Waals surface area contributed by atoms with Crippen molar-refractivity contribution in [1.82, 2.24) is 24.7 Å². The van der Waals surface area contributed by atoms with E-state index in [9.17, 15) is 14.7 Å². The Morgan fingerprint density at radius 1 is 1.38 bits per heavy atom.